The molecule has 2 unspecified atom stereocenters. The summed E-state index contributed by atoms with van der Waals surface area (Å²) >= 11 is 0. The lowest BCUT2D eigenvalue weighted by Crippen LogP contribution is -2.43. The Bertz CT molecular complexity index is 1120. The van der Waals surface area contributed by atoms with Crippen molar-refractivity contribution in [2.45, 2.75) is 47.1 Å². The van der Waals surface area contributed by atoms with Crippen molar-refractivity contribution >= 4 is 16.9 Å². The predicted octanol–water partition coefficient (Wildman–Crippen LogP) is 3.09. The first-order valence-corrected chi connectivity index (χ1v) is 10.6. The molecule has 2 aromatic heterocycles. The number of aromatic nitrogens is 4. The highest BCUT2D eigenvalue weighted by Crippen LogP contribution is 2.21. The van der Waals surface area contributed by atoms with Gasteiger partial charge in [0.15, 0.2) is 5.65 Å². The van der Waals surface area contributed by atoms with Gasteiger partial charge in [-0.15, -0.1) is 0 Å². The van der Waals surface area contributed by atoms with Crippen molar-refractivity contribution in [2.24, 2.45) is 11.8 Å². The van der Waals surface area contributed by atoms with Gasteiger partial charge in [0.1, 0.15) is 11.2 Å². The fourth-order valence-corrected chi connectivity index (χ4v) is 4.48. The Morgan fingerprint density at radius 3 is 2.43 bits per heavy atom. The van der Waals surface area contributed by atoms with Crippen LogP contribution in [-0.2, 0) is 11.3 Å². The largest absolute Gasteiger partial charge is 0.342 e. The van der Waals surface area contributed by atoms with Gasteiger partial charge in [-0.3, -0.25) is 14.2 Å². The molecule has 1 aliphatic heterocycles. The minimum atomic E-state index is -0.149. The van der Waals surface area contributed by atoms with Crippen LogP contribution in [-0.4, -0.2) is 43.2 Å². The van der Waals surface area contributed by atoms with Gasteiger partial charge in [-0.25, -0.2) is 9.67 Å². The number of carbonyl (C=O) groups excluding carboxylic acids is 1. The smallest absolute Gasteiger partial charge is 0.264 e. The Balaban J connectivity index is 1.57. The number of amides is 1. The number of aryl methyl sites for hydroxylation is 2. The molecular formula is C23H29N5O2. The lowest BCUT2D eigenvalue weighted by atomic mass is 9.92. The highest BCUT2D eigenvalue weighted by molar-refractivity contribution is 5.77. The van der Waals surface area contributed by atoms with Crippen molar-refractivity contribution < 1.29 is 4.79 Å². The summed E-state index contributed by atoms with van der Waals surface area (Å²) in [5.41, 5.74) is 2.42. The summed E-state index contributed by atoms with van der Waals surface area (Å²) in [5, 5.41) is 4.86. The quantitative estimate of drug-likeness (QED) is 0.666. The zero-order valence-electron chi connectivity index (χ0n) is 18.1. The molecule has 4 rings (SSSR count). The van der Waals surface area contributed by atoms with Crippen molar-refractivity contribution in [2.75, 3.05) is 13.1 Å². The van der Waals surface area contributed by atoms with E-state index >= 15 is 0 Å². The first-order valence-electron chi connectivity index (χ1n) is 10.6. The zero-order valence-corrected chi connectivity index (χ0v) is 18.1. The summed E-state index contributed by atoms with van der Waals surface area (Å²) in [6, 6.07) is 7.93. The molecule has 3 heterocycles. The van der Waals surface area contributed by atoms with Crippen LogP contribution in [0.3, 0.4) is 0 Å². The molecule has 0 saturated carbocycles. The molecule has 30 heavy (non-hydrogen) atoms. The van der Waals surface area contributed by atoms with Gasteiger partial charge in [-0.2, -0.15) is 5.10 Å². The summed E-state index contributed by atoms with van der Waals surface area (Å²) in [6.07, 6.45) is 3.03. The number of rotatable bonds is 4. The molecule has 3 aromatic rings. The third-order valence-corrected chi connectivity index (χ3v) is 5.93. The van der Waals surface area contributed by atoms with Crippen LogP contribution in [0, 0.1) is 25.7 Å². The van der Waals surface area contributed by atoms with E-state index < -0.39 is 0 Å². The van der Waals surface area contributed by atoms with Gasteiger partial charge >= 0.3 is 0 Å². The number of hydrogen-bond donors (Lipinski definition) is 0. The molecule has 0 aliphatic carbocycles. The van der Waals surface area contributed by atoms with Crippen LogP contribution in [0.15, 0.2) is 35.3 Å². The molecule has 1 amide bonds. The third kappa shape index (κ3) is 3.88. The molecule has 158 valence electrons. The van der Waals surface area contributed by atoms with E-state index in [0.29, 0.717) is 41.7 Å². The Kier molecular flexibility index (Phi) is 5.45. The summed E-state index contributed by atoms with van der Waals surface area (Å²) in [7, 11) is 0. The first kappa shape index (κ1) is 20.3. The lowest BCUT2D eigenvalue weighted by Gasteiger charge is -2.35. The van der Waals surface area contributed by atoms with Crippen molar-refractivity contribution in [3.8, 4) is 5.69 Å². The van der Waals surface area contributed by atoms with E-state index in [0.717, 1.165) is 30.8 Å². The van der Waals surface area contributed by atoms with E-state index in [1.165, 1.54) is 0 Å². The van der Waals surface area contributed by atoms with E-state index in [9.17, 15) is 9.59 Å². The van der Waals surface area contributed by atoms with Gasteiger partial charge in [-0.1, -0.05) is 31.5 Å². The molecule has 0 spiro atoms. The Hall–Kier alpha value is -2.96. The molecule has 2 atom stereocenters. The topological polar surface area (TPSA) is 73.0 Å². The van der Waals surface area contributed by atoms with E-state index in [-0.39, 0.29) is 11.5 Å². The van der Waals surface area contributed by atoms with Gasteiger partial charge < -0.3 is 4.90 Å². The summed E-state index contributed by atoms with van der Waals surface area (Å²) < 4.78 is 3.29. The van der Waals surface area contributed by atoms with E-state index in [1.54, 1.807) is 15.4 Å². The van der Waals surface area contributed by atoms with Crippen molar-refractivity contribution in [3.05, 3.63) is 52.2 Å². The molecule has 1 aromatic carbocycles. The molecule has 1 saturated heterocycles. The third-order valence-electron chi connectivity index (χ3n) is 5.93. The Morgan fingerprint density at radius 1 is 1.10 bits per heavy atom. The number of nitrogens with zero attached hydrogens (tertiary/aromatic N) is 5. The SMILES string of the molecule is Cc1ccc(-n2ncc3c(=O)n(CCC(=O)N4CC(C)CC(C)C4)c(C)nc32)cc1. The zero-order chi connectivity index (χ0) is 21.4. The van der Waals surface area contributed by atoms with E-state index in [4.69, 9.17) is 0 Å². The van der Waals surface area contributed by atoms with Gasteiger partial charge in [0.05, 0.1) is 11.9 Å². The normalized spacial score (nSPS) is 19.4. The van der Waals surface area contributed by atoms with Crippen molar-refractivity contribution in [3.63, 3.8) is 0 Å². The minimum absolute atomic E-state index is 0.107. The first-order chi connectivity index (χ1) is 14.3. The van der Waals surface area contributed by atoms with Crippen LogP contribution >= 0.6 is 0 Å². The van der Waals surface area contributed by atoms with Crippen LogP contribution in [0.25, 0.3) is 16.7 Å². The number of piperidine rings is 1. The van der Waals surface area contributed by atoms with Crippen LogP contribution in [0.1, 0.15) is 38.1 Å². The van der Waals surface area contributed by atoms with E-state index in [2.05, 4.69) is 23.9 Å². The Morgan fingerprint density at radius 2 is 1.77 bits per heavy atom. The van der Waals surface area contributed by atoms with Crippen LogP contribution in [0.5, 0.6) is 0 Å². The maximum Gasteiger partial charge on any atom is 0.264 e. The van der Waals surface area contributed by atoms with E-state index in [1.807, 2.05) is 43.0 Å². The monoisotopic (exact) mass is 407 g/mol. The van der Waals surface area contributed by atoms with Crippen LogP contribution < -0.4 is 5.56 Å². The second kappa shape index (κ2) is 8.05. The number of fused-ring (bicyclic) bond motifs is 1. The molecule has 7 heteroatoms. The summed E-state index contributed by atoms with van der Waals surface area (Å²) in [4.78, 5) is 32.4. The van der Waals surface area contributed by atoms with Crippen molar-refractivity contribution in [1.29, 1.82) is 0 Å². The fraction of sp³-hybridized carbons (Fsp3) is 0.478. The highest BCUT2D eigenvalue weighted by atomic mass is 16.2. The van der Waals surface area contributed by atoms with Crippen molar-refractivity contribution in [1.82, 2.24) is 24.2 Å². The number of likely N-dealkylation sites (tertiary alicyclic amines) is 1. The maximum atomic E-state index is 13.1. The Labute approximate surface area is 176 Å². The fourth-order valence-electron chi connectivity index (χ4n) is 4.48. The van der Waals surface area contributed by atoms with Gasteiger partial charge in [-0.05, 0) is 44.2 Å². The predicted molar refractivity (Wildman–Crippen MR) is 117 cm³/mol. The number of hydrogen-bond acceptors (Lipinski definition) is 4. The number of carbonyl (C=O) groups is 1. The lowest BCUT2D eigenvalue weighted by molar-refractivity contribution is -0.134. The molecule has 1 aliphatic rings. The minimum Gasteiger partial charge on any atom is -0.342 e. The van der Waals surface area contributed by atoms with Gasteiger partial charge in [0.2, 0.25) is 5.91 Å². The second-order valence-electron chi connectivity index (χ2n) is 8.74. The molecule has 0 N–H and O–H groups in total. The maximum absolute atomic E-state index is 13.1. The number of benzene rings is 1. The second-order valence-corrected chi connectivity index (χ2v) is 8.74. The molecular weight excluding hydrogens is 378 g/mol. The van der Waals surface area contributed by atoms with Crippen LogP contribution in [0.2, 0.25) is 0 Å². The summed E-state index contributed by atoms with van der Waals surface area (Å²) in [6.45, 7) is 10.2. The van der Waals surface area contributed by atoms with Crippen LogP contribution in [0.4, 0.5) is 0 Å². The van der Waals surface area contributed by atoms with Gasteiger partial charge in [0.25, 0.3) is 5.56 Å². The molecule has 0 radical (unpaired) electrons. The highest BCUT2D eigenvalue weighted by Gasteiger charge is 2.25. The molecule has 7 nitrogen and oxygen atoms in total. The average molecular weight is 408 g/mol. The van der Waals surface area contributed by atoms with Gasteiger partial charge in [0, 0.05) is 26.1 Å². The molecule has 1 fully saturated rings. The molecule has 0 bridgehead atoms. The standard InChI is InChI=1S/C23H29N5O2/c1-15-5-7-19(8-6-15)28-22-20(12-24-28)23(30)27(18(4)25-22)10-9-21(29)26-13-16(2)11-17(3)14-26/h5-8,12,16-17H,9-11,13-14H2,1-4H3. The average Bonchev–Trinajstić information content (AvgIpc) is 3.11. The summed E-state index contributed by atoms with van der Waals surface area (Å²) in [5.74, 6) is 1.74.